The monoisotopic (exact) mass is 236 g/mol. The number of hydrogen-bond acceptors (Lipinski definition) is 4. The Balaban J connectivity index is 1.82. The van der Waals surface area contributed by atoms with E-state index in [0.717, 1.165) is 23.5 Å². The Labute approximate surface area is 100 Å². The van der Waals surface area contributed by atoms with E-state index in [1.807, 2.05) is 25.1 Å². The SMILES string of the molecule is Cc1ccc2c(c1)OCC1(CO2)OCCCO1. The fraction of sp³-hybridized carbons (Fsp3) is 0.538. The lowest BCUT2D eigenvalue weighted by molar-refractivity contribution is -0.285. The average Bonchev–Trinajstić information content (AvgIpc) is 2.52. The molecule has 92 valence electrons. The van der Waals surface area contributed by atoms with Crippen molar-refractivity contribution in [1.29, 1.82) is 0 Å². The average molecular weight is 236 g/mol. The highest BCUT2D eigenvalue weighted by molar-refractivity contribution is 5.43. The third-order valence-corrected chi connectivity index (χ3v) is 3.01. The molecule has 1 spiro atoms. The zero-order valence-electron chi connectivity index (χ0n) is 9.90. The van der Waals surface area contributed by atoms with Crippen LogP contribution >= 0.6 is 0 Å². The minimum absolute atomic E-state index is 0.378. The van der Waals surface area contributed by atoms with E-state index in [9.17, 15) is 0 Å². The molecule has 17 heavy (non-hydrogen) atoms. The maximum Gasteiger partial charge on any atom is 0.238 e. The molecule has 0 radical (unpaired) electrons. The lowest BCUT2D eigenvalue weighted by atomic mass is 10.2. The minimum Gasteiger partial charge on any atom is -0.484 e. The van der Waals surface area contributed by atoms with Crippen molar-refractivity contribution >= 4 is 0 Å². The molecule has 0 aliphatic carbocycles. The molecule has 0 saturated carbocycles. The van der Waals surface area contributed by atoms with Gasteiger partial charge in [0.2, 0.25) is 5.79 Å². The van der Waals surface area contributed by atoms with Crippen molar-refractivity contribution < 1.29 is 18.9 Å². The summed E-state index contributed by atoms with van der Waals surface area (Å²) < 4.78 is 22.8. The van der Waals surface area contributed by atoms with Gasteiger partial charge in [0.25, 0.3) is 0 Å². The van der Waals surface area contributed by atoms with Crippen LogP contribution in [0.4, 0.5) is 0 Å². The van der Waals surface area contributed by atoms with Crippen LogP contribution in [-0.4, -0.2) is 32.2 Å². The number of fused-ring (bicyclic) bond motifs is 1. The molecule has 2 aliphatic heterocycles. The largest absolute Gasteiger partial charge is 0.484 e. The van der Waals surface area contributed by atoms with Gasteiger partial charge in [0.05, 0.1) is 13.2 Å². The van der Waals surface area contributed by atoms with Gasteiger partial charge in [0, 0.05) is 0 Å². The number of hydrogen-bond donors (Lipinski definition) is 0. The maximum absolute atomic E-state index is 5.75. The summed E-state index contributed by atoms with van der Waals surface area (Å²) in [5, 5.41) is 0. The van der Waals surface area contributed by atoms with E-state index < -0.39 is 5.79 Å². The van der Waals surface area contributed by atoms with Gasteiger partial charge in [-0.05, 0) is 31.0 Å². The fourth-order valence-corrected chi connectivity index (χ4v) is 2.05. The van der Waals surface area contributed by atoms with Crippen molar-refractivity contribution in [3.8, 4) is 11.5 Å². The van der Waals surface area contributed by atoms with Crippen LogP contribution in [0.15, 0.2) is 18.2 Å². The summed E-state index contributed by atoms with van der Waals surface area (Å²) in [6.45, 7) is 4.18. The molecule has 0 N–H and O–H groups in total. The summed E-state index contributed by atoms with van der Waals surface area (Å²) in [5.41, 5.74) is 1.15. The van der Waals surface area contributed by atoms with E-state index in [2.05, 4.69) is 0 Å². The number of aryl methyl sites for hydroxylation is 1. The first-order valence-corrected chi connectivity index (χ1v) is 5.92. The van der Waals surface area contributed by atoms with E-state index in [1.54, 1.807) is 0 Å². The van der Waals surface area contributed by atoms with Crippen molar-refractivity contribution in [2.75, 3.05) is 26.4 Å². The molecule has 4 heteroatoms. The smallest absolute Gasteiger partial charge is 0.238 e. The summed E-state index contributed by atoms with van der Waals surface area (Å²) >= 11 is 0. The van der Waals surface area contributed by atoms with Crippen LogP contribution in [0.5, 0.6) is 11.5 Å². The van der Waals surface area contributed by atoms with Crippen LogP contribution in [-0.2, 0) is 9.47 Å². The third kappa shape index (κ3) is 2.10. The summed E-state index contributed by atoms with van der Waals surface area (Å²) in [7, 11) is 0. The molecule has 2 heterocycles. The summed E-state index contributed by atoms with van der Waals surface area (Å²) in [6.07, 6.45) is 0.924. The van der Waals surface area contributed by atoms with Gasteiger partial charge in [-0.25, -0.2) is 0 Å². The summed E-state index contributed by atoms with van der Waals surface area (Å²) in [6, 6.07) is 5.90. The molecular weight excluding hydrogens is 220 g/mol. The van der Waals surface area contributed by atoms with Gasteiger partial charge in [0.1, 0.15) is 13.2 Å². The molecular formula is C13H16O4. The molecule has 0 amide bonds. The van der Waals surface area contributed by atoms with Crippen molar-refractivity contribution in [2.45, 2.75) is 19.1 Å². The van der Waals surface area contributed by atoms with Crippen molar-refractivity contribution in [3.63, 3.8) is 0 Å². The molecule has 1 fully saturated rings. The number of ether oxygens (including phenoxy) is 4. The van der Waals surface area contributed by atoms with Crippen LogP contribution < -0.4 is 9.47 Å². The lowest BCUT2D eigenvalue weighted by Gasteiger charge is -2.34. The predicted octanol–water partition coefficient (Wildman–Crippen LogP) is 1.90. The van der Waals surface area contributed by atoms with E-state index in [0.29, 0.717) is 26.4 Å². The number of benzene rings is 1. The second kappa shape index (κ2) is 4.20. The van der Waals surface area contributed by atoms with Crippen LogP contribution in [0.25, 0.3) is 0 Å². The molecule has 0 bridgehead atoms. The third-order valence-electron chi connectivity index (χ3n) is 3.01. The lowest BCUT2D eigenvalue weighted by Crippen LogP contribution is -2.49. The normalized spacial score (nSPS) is 22.2. The van der Waals surface area contributed by atoms with Gasteiger partial charge in [-0.1, -0.05) is 6.07 Å². The van der Waals surface area contributed by atoms with Crippen LogP contribution in [0, 0.1) is 6.92 Å². The zero-order valence-corrected chi connectivity index (χ0v) is 9.90. The quantitative estimate of drug-likeness (QED) is 0.689. The first-order chi connectivity index (χ1) is 8.27. The molecule has 0 aromatic heterocycles. The molecule has 4 nitrogen and oxygen atoms in total. The molecule has 1 aromatic carbocycles. The Hall–Kier alpha value is -1.26. The molecule has 1 saturated heterocycles. The van der Waals surface area contributed by atoms with Gasteiger partial charge < -0.3 is 18.9 Å². The van der Waals surface area contributed by atoms with Crippen LogP contribution in [0.2, 0.25) is 0 Å². The van der Waals surface area contributed by atoms with Gasteiger partial charge in [0.15, 0.2) is 11.5 Å². The molecule has 0 atom stereocenters. The van der Waals surface area contributed by atoms with Crippen molar-refractivity contribution in [2.24, 2.45) is 0 Å². The summed E-state index contributed by atoms with van der Waals surface area (Å²) in [5.74, 6) is 0.787. The van der Waals surface area contributed by atoms with E-state index in [-0.39, 0.29) is 0 Å². The second-order valence-electron chi connectivity index (χ2n) is 4.49. The minimum atomic E-state index is -0.731. The van der Waals surface area contributed by atoms with Gasteiger partial charge in [-0.3, -0.25) is 0 Å². The highest BCUT2D eigenvalue weighted by Gasteiger charge is 2.39. The molecule has 3 rings (SSSR count). The highest BCUT2D eigenvalue weighted by atomic mass is 16.7. The van der Waals surface area contributed by atoms with Crippen LogP contribution in [0.1, 0.15) is 12.0 Å². The van der Waals surface area contributed by atoms with Crippen LogP contribution in [0.3, 0.4) is 0 Å². The highest BCUT2D eigenvalue weighted by Crippen LogP contribution is 2.34. The standard InChI is InChI=1S/C13H16O4/c1-10-3-4-11-12(7-10)15-9-13(8-14-11)16-5-2-6-17-13/h3-4,7H,2,5-6,8-9H2,1H3. The Morgan fingerprint density at radius 3 is 2.47 bits per heavy atom. The van der Waals surface area contributed by atoms with E-state index in [1.165, 1.54) is 0 Å². The fourth-order valence-electron chi connectivity index (χ4n) is 2.05. The van der Waals surface area contributed by atoms with Gasteiger partial charge in [-0.15, -0.1) is 0 Å². The molecule has 1 aromatic rings. The first kappa shape index (κ1) is 10.9. The van der Waals surface area contributed by atoms with E-state index >= 15 is 0 Å². The second-order valence-corrected chi connectivity index (χ2v) is 4.49. The van der Waals surface area contributed by atoms with Crippen molar-refractivity contribution in [3.05, 3.63) is 23.8 Å². The Morgan fingerprint density at radius 2 is 1.71 bits per heavy atom. The van der Waals surface area contributed by atoms with E-state index in [4.69, 9.17) is 18.9 Å². The molecule has 2 aliphatic rings. The number of rotatable bonds is 0. The molecule has 0 unspecified atom stereocenters. The Bertz CT molecular complexity index is 410. The first-order valence-electron chi connectivity index (χ1n) is 5.92. The Morgan fingerprint density at radius 1 is 1.00 bits per heavy atom. The van der Waals surface area contributed by atoms with Crippen molar-refractivity contribution in [1.82, 2.24) is 0 Å². The van der Waals surface area contributed by atoms with Gasteiger partial charge >= 0.3 is 0 Å². The van der Waals surface area contributed by atoms with Gasteiger partial charge in [-0.2, -0.15) is 0 Å². The maximum atomic E-state index is 5.75. The zero-order chi connectivity index (χ0) is 11.7. The summed E-state index contributed by atoms with van der Waals surface area (Å²) in [4.78, 5) is 0. The topological polar surface area (TPSA) is 36.9 Å². The Kier molecular flexibility index (Phi) is 2.68. The predicted molar refractivity (Wildman–Crippen MR) is 61.4 cm³/mol.